The molecule has 0 aliphatic rings. The molecule has 1 heterocycles. The number of ether oxygens (including phenoxy) is 1. The minimum absolute atomic E-state index is 0.0810. The van der Waals surface area contributed by atoms with Crippen LogP contribution in [0.1, 0.15) is 16.7 Å². The van der Waals surface area contributed by atoms with Gasteiger partial charge in [0.1, 0.15) is 15.7 Å². The molecular formula is C27H28ClF2N3O12P2S. The molecule has 0 bridgehead atoms. The molecule has 0 aliphatic heterocycles. The molecule has 15 nitrogen and oxygen atoms in total. The van der Waals surface area contributed by atoms with E-state index < -0.39 is 47.5 Å². The number of nitrogens with one attached hydrogen (secondary N) is 1. The molecule has 0 spiro atoms. The number of hydrogen-bond donors (Lipinski definition) is 6. The van der Waals surface area contributed by atoms with Crippen LogP contribution in [0, 0.1) is 32.8 Å². The highest BCUT2D eigenvalue weighted by molar-refractivity contribution is 7.86. The zero-order valence-corrected chi connectivity index (χ0v) is 28.6. The molecule has 0 atom stereocenters. The van der Waals surface area contributed by atoms with Crippen molar-refractivity contribution in [1.29, 1.82) is 0 Å². The average Bonchev–Trinajstić information content (AvgIpc) is 2.96. The minimum atomic E-state index is -4.80. The van der Waals surface area contributed by atoms with Crippen LogP contribution in [-0.2, 0) is 28.8 Å². The lowest BCUT2D eigenvalue weighted by Gasteiger charge is -2.12. The van der Waals surface area contributed by atoms with E-state index in [0.717, 1.165) is 23.3 Å². The van der Waals surface area contributed by atoms with Gasteiger partial charge in [-0.2, -0.15) is 36.8 Å². The van der Waals surface area contributed by atoms with Gasteiger partial charge in [-0.3, -0.25) is 13.7 Å². The van der Waals surface area contributed by atoms with Crippen LogP contribution in [0.25, 0.3) is 0 Å². The summed E-state index contributed by atoms with van der Waals surface area (Å²) in [6.07, 6.45) is -0.915. The first-order valence-electron chi connectivity index (χ1n) is 12.6. The Bertz CT molecular complexity index is 1970. The number of aromatic nitrogens is 2. The lowest BCUT2D eigenvalue weighted by atomic mass is 10.2. The van der Waals surface area contributed by atoms with E-state index in [0.29, 0.717) is 11.3 Å². The molecule has 3 aromatic carbocycles. The highest BCUT2D eigenvalue weighted by Crippen LogP contribution is 2.38. The summed E-state index contributed by atoms with van der Waals surface area (Å²) in [6, 6.07) is 15.4. The molecule has 260 valence electrons. The molecule has 48 heavy (non-hydrogen) atoms. The maximum atomic E-state index is 13.0. The van der Waals surface area contributed by atoms with Crippen LogP contribution in [0.15, 0.2) is 65.6 Å². The molecule has 4 rings (SSSR count). The number of hydrogen-bond acceptors (Lipinski definition) is 10. The van der Waals surface area contributed by atoms with Crippen molar-refractivity contribution >= 4 is 65.2 Å². The maximum Gasteiger partial charge on any atom is 0.373 e. The van der Waals surface area contributed by atoms with Gasteiger partial charge < -0.3 is 29.6 Å². The van der Waals surface area contributed by atoms with Crippen molar-refractivity contribution in [1.82, 2.24) is 9.97 Å². The van der Waals surface area contributed by atoms with Crippen molar-refractivity contribution in [3.63, 3.8) is 0 Å². The summed E-state index contributed by atoms with van der Waals surface area (Å²) in [4.78, 5) is 57.1. The first kappa shape index (κ1) is 42.1. The number of aryl methyl sites for hydroxylation is 3. The van der Waals surface area contributed by atoms with Gasteiger partial charge in [0.25, 0.3) is 10.1 Å². The summed E-state index contributed by atoms with van der Waals surface area (Å²) in [5, 5.41) is 1.71. The summed E-state index contributed by atoms with van der Waals surface area (Å²) in [5.41, 5.74) is 2.90. The van der Waals surface area contributed by atoms with Gasteiger partial charge in [0.2, 0.25) is 5.95 Å². The van der Waals surface area contributed by atoms with Crippen LogP contribution in [0.3, 0.4) is 0 Å². The molecule has 0 aliphatic carbocycles. The second-order valence-electron chi connectivity index (χ2n) is 9.21. The van der Waals surface area contributed by atoms with Crippen molar-refractivity contribution in [2.24, 2.45) is 0 Å². The summed E-state index contributed by atoms with van der Waals surface area (Å²) < 4.78 is 83.5. The zero-order chi connectivity index (χ0) is 37.0. The molecule has 4 aromatic rings. The van der Waals surface area contributed by atoms with Crippen LogP contribution in [0.4, 0.5) is 20.3 Å². The van der Waals surface area contributed by atoms with E-state index in [9.17, 15) is 26.3 Å². The molecule has 0 unspecified atom stereocenters. The van der Waals surface area contributed by atoms with Crippen molar-refractivity contribution in [2.45, 2.75) is 25.7 Å². The molecule has 0 amide bonds. The van der Waals surface area contributed by atoms with E-state index in [-0.39, 0.29) is 28.0 Å². The van der Waals surface area contributed by atoms with Crippen LogP contribution in [0.5, 0.6) is 5.75 Å². The Labute approximate surface area is 277 Å². The van der Waals surface area contributed by atoms with Crippen molar-refractivity contribution in [3.8, 4) is 5.75 Å². The number of carbonyl (C=O) groups excluding carboxylic acids is 2. The third kappa shape index (κ3) is 13.7. The average molecular weight is 754 g/mol. The third-order valence-corrected chi connectivity index (χ3v) is 8.83. The van der Waals surface area contributed by atoms with E-state index in [1.54, 1.807) is 31.2 Å². The fraction of sp³-hybridized carbons (Fsp3) is 0.148. The Morgan fingerprint density at radius 2 is 1.44 bits per heavy atom. The van der Waals surface area contributed by atoms with Gasteiger partial charge in [0.05, 0.1) is 17.7 Å². The van der Waals surface area contributed by atoms with Gasteiger partial charge in [0.15, 0.2) is 5.82 Å². The number of methoxy groups -OCH3 is 1. The largest absolute Gasteiger partial charge is 0.496 e. The summed E-state index contributed by atoms with van der Waals surface area (Å²) in [6.45, 7) is 5.21. The number of benzene rings is 3. The standard InChI is InChI=1S/C11H8ClF2N3.C8H11O7PS.C7H9O3P.CO2/c1-6-2-4-7(5-3-6)15-10-8(12)9(13)16-11(14)17-10;1-5-3-7(16(9,10)11)8(17(12,13)14)4-6(5)15-2;1-6-3-2-4-7(5-6)11(8,9)10;2-1-3/h2-5H,1H3,(H,15,16,17);3-4H,1-2H3,(H2,9,10,11)(H,12,13,14);2-5H,1H3,(H2,8,9,10);. The Morgan fingerprint density at radius 3 is 1.88 bits per heavy atom. The number of anilines is 2. The molecule has 0 saturated carbocycles. The van der Waals surface area contributed by atoms with Crippen molar-refractivity contribution in [2.75, 3.05) is 12.4 Å². The highest BCUT2D eigenvalue weighted by atomic mass is 35.5. The summed E-state index contributed by atoms with van der Waals surface area (Å²) in [5.74, 6) is -1.08. The highest BCUT2D eigenvalue weighted by Gasteiger charge is 2.29. The number of halogens is 3. The third-order valence-electron chi connectivity index (χ3n) is 5.50. The van der Waals surface area contributed by atoms with Crippen molar-refractivity contribution < 1.29 is 64.8 Å². The van der Waals surface area contributed by atoms with E-state index in [1.165, 1.54) is 26.2 Å². The van der Waals surface area contributed by atoms with Gasteiger partial charge in [-0.25, -0.2) is 0 Å². The number of rotatable bonds is 6. The molecule has 0 fully saturated rings. The van der Waals surface area contributed by atoms with Crippen LogP contribution in [0.2, 0.25) is 5.02 Å². The predicted molar refractivity (Wildman–Crippen MR) is 169 cm³/mol. The quantitative estimate of drug-likeness (QED) is 0.0710. The SMILES string of the molecule is COc1cc(S(=O)(=O)O)c(P(=O)(O)O)cc1C.Cc1ccc(Nc2nc(F)nc(F)c2Cl)cc1.Cc1cccc(P(=O)(O)O)c1.O=C=O. The second-order valence-corrected chi connectivity index (χ2v) is 14.2. The van der Waals surface area contributed by atoms with Gasteiger partial charge in [-0.1, -0.05) is 47.0 Å². The smallest absolute Gasteiger partial charge is 0.373 e. The van der Waals surface area contributed by atoms with E-state index in [2.05, 4.69) is 15.3 Å². The molecule has 0 radical (unpaired) electrons. The molecule has 0 saturated heterocycles. The van der Waals surface area contributed by atoms with Crippen LogP contribution in [-0.4, -0.2) is 55.8 Å². The summed E-state index contributed by atoms with van der Waals surface area (Å²) >= 11 is 5.62. The van der Waals surface area contributed by atoms with E-state index in [4.69, 9.17) is 50.1 Å². The Hall–Kier alpha value is -3.92. The van der Waals surface area contributed by atoms with Crippen LogP contribution < -0.4 is 20.7 Å². The molecule has 21 heteroatoms. The van der Waals surface area contributed by atoms with Crippen LogP contribution >= 0.6 is 26.8 Å². The van der Waals surface area contributed by atoms with E-state index in [1.807, 2.05) is 19.1 Å². The van der Waals surface area contributed by atoms with Gasteiger partial charge in [-0.15, -0.1) is 0 Å². The second kappa shape index (κ2) is 18.0. The lowest BCUT2D eigenvalue weighted by molar-refractivity contribution is -0.191. The first-order valence-corrected chi connectivity index (χ1v) is 17.7. The maximum absolute atomic E-state index is 13.0. The fourth-order valence-electron chi connectivity index (χ4n) is 3.37. The van der Waals surface area contributed by atoms with Gasteiger partial charge >= 0.3 is 27.4 Å². The Balaban J connectivity index is 0.000000353. The molecule has 1 aromatic heterocycles. The normalized spacial score (nSPS) is 10.9. The van der Waals surface area contributed by atoms with Gasteiger partial charge in [0, 0.05) is 11.8 Å². The zero-order valence-electron chi connectivity index (χ0n) is 25.2. The number of nitrogens with zero attached hydrogens (tertiary/aromatic N) is 2. The Morgan fingerprint density at radius 1 is 0.875 bits per heavy atom. The lowest BCUT2D eigenvalue weighted by Crippen LogP contribution is -2.16. The fourth-order valence-corrected chi connectivity index (χ4v) is 6.15. The Kier molecular flexibility index (Phi) is 15.8. The van der Waals surface area contributed by atoms with Gasteiger partial charge in [-0.05, 0) is 56.7 Å². The van der Waals surface area contributed by atoms with Crippen molar-refractivity contribution in [3.05, 3.63) is 94.4 Å². The molecular weight excluding hydrogens is 726 g/mol. The molecule has 6 N–H and O–H groups in total. The monoisotopic (exact) mass is 753 g/mol. The predicted octanol–water partition coefficient (Wildman–Crippen LogP) is 3.73. The first-order chi connectivity index (χ1) is 22.0. The van der Waals surface area contributed by atoms with E-state index >= 15 is 0 Å². The topological polar surface area (TPSA) is 251 Å². The summed E-state index contributed by atoms with van der Waals surface area (Å²) in [7, 11) is -12.3. The minimum Gasteiger partial charge on any atom is -0.496 e.